The van der Waals surface area contributed by atoms with E-state index in [4.69, 9.17) is 5.73 Å². The number of nitrogens with zero attached hydrogens (tertiary/aromatic N) is 3. The maximum absolute atomic E-state index is 12.6. The van der Waals surface area contributed by atoms with E-state index in [9.17, 15) is 13.2 Å². The van der Waals surface area contributed by atoms with E-state index < -0.39 is 6.36 Å². The van der Waals surface area contributed by atoms with Crippen LogP contribution in [0.1, 0.15) is 44.1 Å². The second-order valence-electron chi connectivity index (χ2n) is 8.81. The largest absolute Gasteiger partial charge is 0.573 e. The lowest BCUT2D eigenvalue weighted by Crippen LogP contribution is -2.37. The van der Waals surface area contributed by atoms with Crippen LogP contribution in [0, 0.1) is 5.92 Å². The Hall–Kier alpha value is -2.75. The molecule has 1 saturated heterocycles. The fourth-order valence-corrected chi connectivity index (χ4v) is 4.73. The summed E-state index contributed by atoms with van der Waals surface area (Å²) in [7, 11) is 0. The third kappa shape index (κ3) is 6.63. The van der Waals surface area contributed by atoms with Crippen LogP contribution in [-0.2, 0) is 6.54 Å². The van der Waals surface area contributed by atoms with Gasteiger partial charge in [0.25, 0.3) is 0 Å². The maximum Gasteiger partial charge on any atom is 0.573 e. The van der Waals surface area contributed by atoms with Gasteiger partial charge in [0.2, 0.25) is 5.95 Å². The summed E-state index contributed by atoms with van der Waals surface area (Å²) in [6.07, 6.45) is 4.23. The number of nitrogens with one attached hydrogen (secondary N) is 2. The molecule has 180 valence electrons. The van der Waals surface area contributed by atoms with Gasteiger partial charge < -0.3 is 26.0 Å². The number of alkyl halides is 3. The average molecular weight is 465 g/mol. The van der Waals surface area contributed by atoms with E-state index in [1.165, 1.54) is 69.9 Å². The molecule has 1 aromatic heterocycles. The summed E-state index contributed by atoms with van der Waals surface area (Å²) >= 11 is 0. The minimum absolute atomic E-state index is 0.0795. The molecule has 0 spiro atoms. The zero-order valence-electron chi connectivity index (χ0n) is 18.6. The Labute approximate surface area is 191 Å². The van der Waals surface area contributed by atoms with Crippen LogP contribution in [0.5, 0.6) is 5.75 Å². The Morgan fingerprint density at radius 1 is 1.06 bits per heavy atom. The second kappa shape index (κ2) is 10.5. The van der Waals surface area contributed by atoms with E-state index in [0.29, 0.717) is 23.0 Å². The number of hydrogen-bond acceptors (Lipinski definition) is 7. The summed E-state index contributed by atoms with van der Waals surface area (Å²) in [6, 6.07) is 6.70. The quantitative estimate of drug-likeness (QED) is 0.525. The van der Waals surface area contributed by atoms with E-state index in [2.05, 4.69) is 30.2 Å². The Bertz CT molecular complexity index is 911. The number of ether oxygens (including phenoxy) is 1. The Morgan fingerprint density at radius 2 is 1.79 bits per heavy atom. The zero-order valence-corrected chi connectivity index (χ0v) is 18.6. The van der Waals surface area contributed by atoms with Gasteiger partial charge in [-0.25, -0.2) is 4.98 Å². The molecule has 2 aliphatic rings. The molecule has 2 heterocycles. The normalized spacial score (nSPS) is 21.7. The van der Waals surface area contributed by atoms with Crippen molar-refractivity contribution >= 4 is 17.5 Å². The fraction of sp³-hybridized carbons (Fsp3) is 0.565. The number of anilines is 3. The topological polar surface area (TPSA) is 88.3 Å². The first kappa shape index (κ1) is 23.4. The van der Waals surface area contributed by atoms with Crippen LogP contribution in [0.2, 0.25) is 0 Å². The standard InChI is InChI=1S/C23H31F3N6O/c24-23(25,26)33-20-6-2-1-5-17(20)14-29-22-30-15-19(27)21(31-22)28-13-16-7-9-18(10-8-16)32-11-3-4-12-32/h1-2,5-6,15-16,18H,3-4,7-14,27H2,(H2,28,29,30,31). The Kier molecular flexibility index (Phi) is 7.42. The number of hydrogen-bond donors (Lipinski definition) is 3. The number of para-hydroxylation sites is 1. The van der Waals surface area contributed by atoms with Crippen molar-refractivity contribution in [2.24, 2.45) is 5.92 Å². The van der Waals surface area contributed by atoms with Gasteiger partial charge >= 0.3 is 6.36 Å². The smallest absolute Gasteiger partial charge is 0.405 e. The summed E-state index contributed by atoms with van der Waals surface area (Å²) in [4.78, 5) is 11.2. The highest BCUT2D eigenvalue weighted by atomic mass is 19.4. The third-order valence-electron chi connectivity index (χ3n) is 6.48. The van der Waals surface area contributed by atoms with Crippen LogP contribution in [0.4, 0.5) is 30.6 Å². The van der Waals surface area contributed by atoms with Crippen LogP contribution in [-0.4, -0.2) is 46.9 Å². The first-order valence-electron chi connectivity index (χ1n) is 11.6. The predicted octanol–water partition coefficient (Wildman–Crippen LogP) is 4.64. The predicted molar refractivity (Wildman–Crippen MR) is 122 cm³/mol. The van der Waals surface area contributed by atoms with Gasteiger partial charge in [-0.15, -0.1) is 13.2 Å². The minimum Gasteiger partial charge on any atom is -0.405 e. The molecule has 0 radical (unpaired) electrons. The summed E-state index contributed by atoms with van der Waals surface area (Å²) < 4.78 is 42.0. The molecular weight excluding hydrogens is 433 g/mol. The highest BCUT2D eigenvalue weighted by molar-refractivity contribution is 5.61. The van der Waals surface area contributed by atoms with Crippen molar-refractivity contribution in [2.75, 3.05) is 36.0 Å². The van der Waals surface area contributed by atoms with Crippen molar-refractivity contribution in [1.82, 2.24) is 14.9 Å². The molecule has 7 nitrogen and oxygen atoms in total. The van der Waals surface area contributed by atoms with Gasteiger partial charge in [-0.05, 0) is 63.6 Å². The molecule has 0 atom stereocenters. The third-order valence-corrected chi connectivity index (χ3v) is 6.48. The van der Waals surface area contributed by atoms with Gasteiger partial charge in [-0.3, -0.25) is 0 Å². The number of halogens is 3. The molecule has 2 fully saturated rings. The van der Waals surface area contributed by atoms with Gasteiger partial charge in [-0.2, -0.15) is 4.98 Å². The monoisotopic (exact) mass is 464 g/mol. The van der Waals surface area contributed by atoms with Crippen molar-refractivity contribution in [1.29, 1.82) is 0 Å². The lowest BCUT2D eigenvalue weighted by Gasteiger charge is -2.34. The van der Waals surface area contributed by atoms with Crippen LogP contribution in [0.3, 0.4) is 0 Å². The van der Waals surface area contributed by atoms with E-state index >= 15 is 0 Å². The molecule has 33 heavy (non-hydrogen) atoms. The number of rotatable bonds is 8. The minimum atomic E-state index is -4.75. The molecule has 0 amide bonds. The number of likely N-dealkylation sites (tertiary alicyclic amines) is 1. The molecule has 4 N–H and O–H groups in total. The lowest BCUT2D eigenvalue weighted by molar-refractivity contribution is -0.274. The molecular formula is C23H31F3N6O. The molecule has 0 bridgehead atoms. The summed E-state index contributed by atoms with van der Waals surface area (Å²) in [5, 5.41) is 6.30. The molecule has 0 unspecified atom stereocenters. The van der Waals surface area contributed by atoms with Crippen LogP contribution >= 0.6 is 0 Å². The molecule has 1 aromatic carbocycles. The second-order valence-corrected chi connectivity index (χ2v) is 8.81. The van der Waals surface area contributed by atoms with E-state index in [0.717, 1.165) is 12.6 Å². The highest BCUT2D eigenvalue weighted by Crippen LogP contribution is 2.30. The van der Waals surface area contributed by atoms with Gasteiger partial charge in [0, 0.05) is 24.7 Å². The molecule has 4 rings (SSSR count). The Morgan fingerprint density at radius 3 is 2.52 bits per heavy atom. The SMILES string of the molecule is Nc1cnc(NCc2ccccc2OC(F)(F)F)nc1NCC1CCC(N2CCCC2)CC1. The van der Waals surface area contributed by atoms with Crippen molar-refractivity contribution in [3.8, 4) is 5.75 Å². The first-order chi connectivity index (χ1) is 15.9. The van der Waals surface area contributed by atoms with Crippen molar-refractivity contribution in [3.63, 3.8) is 0 Å². The van der Waals surface area contributed by atoms with Crippen LogP contribution in [0.15, 0.2) is 30.5 Å². The van der Waals surface area contributed by atoms with Crippen molar-refractivity contribution in [2.45, 2.75) is 57.5 Å². The lowest BCUT2D eigenvalue weighted by atomic mass is 9.85. The highest BCUT2D eigenvalue weighted by Gasteiger charge is 2.32. The van der Waals surface area contributed by atoms with E-state index in [1.54, 1.807) is 12.1 Å². The molecule has 1 aliphatic heterocycles. The van der Waals surface area contributed by atoms with Crippen molar-refractivity contribution < 1.29 is 17.9 Å². The fourth-order valence-electron chi connectivity index (χ4n) is 4.73. The zero-order chi connectivity index (χ0) is 23.3. The summed E-state index contributed by atoms with van der Waals surface area (Å²) in [5.74, 6) is 1.14. The maximum atomic E-state index is 12.6. The van der Waals surface area contributed by atoms with Gasteiger partial charge in [0.1, 0.15) is 5.75 Å². The molecule has 10 heteroatoms. The van der Waals surface area contributed by atoms with E-state index in [1.807, 2.05) is 0 Å². The number of nitrogens with two attached hydrogens (primary N) is 1. The average Bonchev–Trinajstić information content (AvgIpc) is 3.33. The van der Waals surface area contributed by atoms with Gasteiger partial charge in [-0.1, -0.05) is 18.2 Å². The molecule has 2 aromatic rings. The number of aromatic nitrogens is 2. The van der Waals surface area contributed by atoms with Gasteiger partial charge in [0.05, 0.1) is 11.9 Å². The van der Waals surface area contributed by atoms with Crippen LogP contribution in [0.25, 0.3) is 0 Å². The molecule has 1 aliphatic carbocycles. The van der Waals surface area contributed by atoms with Crippen LogP contribution < -0.4 is 21.1 Å². The Balaban J connectivity index is 1.30. The van der Waals surface area contributed by atoms with Gasteiger partial charge in [0.15, 0.2) is 5.82 Å². The summed E-state index contributed by atoms with van der Waals surface area (Å²) in [6.45, 7) is 3.35. The molecule has 1 saturated carbocycles. The van der Waals surface area contributed by atoms with Crippen molar-refractivity contribution in [3.05, 3.63) is 36.0 Å². The number of benzene rings is 1. The first-order valence-corrected chi connectivity index (χ1v) is 11.6. The summed E-state index contributed by atoms with van der Waals surface area (Å²) in [5.41, 5.74) is 6.83. The van der Waals surface area contributed by atoms with E-state index in [-0.39, 0.29) is 18.2 Å². The number of nitrogen functional groups attached to an aromatic ring is 1.